The number of methoxy groups -OCH3 is 1. The lowest BCUT2D eigenvalue weighted by Crippen LogP contribution is -2.36. The molecule has 0 atom stereocenters. The van der Waals surface area contributed by atoms with Gasteiger partial charge in [-0.3, -0.25) is 9.69 Å². The lowest BCUT2D eigenvalue weighted by molar-refractivity contribution is -0.122. The smallest absolute Gasteiger partial charge is 0.234 e. The van der Waals surface area contributed by atoms with Crippen molar-refractivity contribution in [1.29, 1.82) is 5.26 Å². The summed E-state index contributed by atoms with van der Waals surface area (Å²) < 4.78 is 5.19. The van der Waals surface area contributed by atoms with Crippen LogP contribution >= 0.6 is 0 Å². The number of nitrogens with one attached hydrogen (secondary N) is 1. The van der Waals surface area contributed by atoms with Crippen molar-refractivity contribution >= 4 is 5.91 Å². The zero-order valence-corrected chi connectivity index (χ0v) is 12.3. The monoisotopic (exact) mass is 275 g/mol. The second-order valence-corrected chi connectivity index (χ2v) is 4.40. The van der Waals surface area contributed by atoms with Crippen molar-refractivity contribution in [2.24, 2.45) is 0 Å². The van der Waals surface area contributed by atoms with Crippen LogP contribution in [0.15, 0.2) is 18.2 Å². The summed E-state index contributed by atoms with van der Waals surface area (Å²) in [7, 11) is 1.55. The van der Waals surface area contributed by atoms with E-state index < -0.39 is 0 Å². The van der Waals surface area contributed by atoms with Crippen molar-refractivity contribution < 1.29 is 9.53 Å². The number of benzene rings is 1. The molecule has 0 spiro atoms. The maximum absolute atomic E-state index is 11.6. The fraction of sp³-hybridized carbons (Fsp3) is 0.467. The van der Waals surface area contributed by atoms with Crippen LogP contribution in [0.25, 0.3) is 0 Å². The summed E-state index contributed by atoms with van der Waals surface area (Å²) in [5.41, 5.74) is 1.54. The first-order chi connectivity index (χ1) is 9.64. The maximum Gasteiger partial charge on any atom is 0.234 e. The van der Waals surface area contributed by atoms with Gasteiger partial charge in [-0.1, -0.05) is 13.0 Å². The average Bonchev–Trinajstić information content (AvgIpc) is 2.46. The van der Waals surface area contributed by atoms with Crippen LogP contribution in [0, 0.1) is 11.3 Å². The van der Waals surface area contributed by atoms with E-state index in [0.29, 0.717) is 30.9 Å². The zero-order chi connectivity index (χ0) is 15.0. The van der Waals surface area contributed by atoms with Crippen LogP contribution in [0.5, 0.6) is 5.75 Å². The molecule has 1 amide bonds. The van der Waals surface area contributed by atoms with Gasteiger partial charge in [0.25, 0.3) is 0 Å². The summed E-state index contributed by atoms with van der Waals surface area (Å²) in [5.74, 6) is 0.592. The number of nitrogens with zero attached hydrogens (tertiary/aromatic N) is 2. The van der Waals surface area contributed by atoms with Gasteiger partial charge < -0.3 is 10.1 Å². The van der Waals surface area contributed by atoms with E-state index in [1.165, 1.54) is 0 Å². The minimum Gasteiger partial charge on any atom is -0.495 e. The Bertz CT molecular complexity index is 494. The number of hydrogen-bond acceptors (Lipinski definition) is 4. The number of hydrogen-bond donors (Lipinski definition) is 1. The Labute approximate surface area is 120 Å². The fourth-order valence-electron chi connectivity index (χ4n) is 1.92. The van der Waals surface area contributed by atoms with E-state index >= 15 is 0 Å². The molecule has 5 heteroatoms. The molecule has 0 saturated carbocycles. The Balaban J connectivity index is 2.75. The molecule has 0 heterocycles. The molecule has 0 aromatic heterocycles. The normalized spacial score (nSPS) is 10.2. The van der Waals surface area contributed by atoms with Gasteiger partial charge >= 0.3 is 0 Å². The molecule has 0 aliphatic rings. The first-order valence-electron chi connectivity index (χ1n) is 6.70. The maximum atomic E-state index is 11.6. The Morgan fingerprint density at radius 1 is 1.45 bits per heavy atom. The SMILES string of the molecule is CCNC(=O)CN(CC)Cc1ccc(C#N)c(OC)c1. The molecule has 0 saturated heterocycles. The first-order valence-corrected chi connectivity index (χ1v) is 6.70. The third kappa shape index (κ3) is 4.56. The van der Waals surface area contributed by atoms with Crippen molar-refractivity contribution in [2.45, 2.75) is 20.4 Å². The Hall–Kier alpha value is -2.06. The number of carbonyl (C=O) groups excluding carboxylic acids is 1. The van der Waals surface area contributed by atoms with E-state index in [1.54, 1.807) is 13.2 Å². The highest BCUT2D eigenvalue weighted by atomic mass is 16.5. The van der Waals surface area contributed by atoms with Gasteiger partial charge in [0.15, 0.2) is 0 Å². The predicted octanol–water partition coefficient (Wildman–Crippen LogP) is 1.52. The lowest BCUT2D eigenvalue weighted by atomic mass is 10.1. The summed E-state index contributed by atoms with van der Waals surface area (Å²) in [4.78, 5) is 13.6. The van der Waals surface area contributed by atoms with Crippen molar-refractivity contribution in [2.75, 3.05) is 26.7 Å². The predicted molar refractivity (Wildman–Crippen MR) is 77.3 cm³/mol. The molecule has 1 rings (SSSR count). The molecular weight excluding hydrogens is 254 g/mol. The third-order valence-electron chi connectivity index (χ3n) is 2.98. The van der Waals surface area contributed by atoms with Crippen LogP contribution in [0.1, 0.15) is 25.0 Å². The van der Waals surface area contributed by atoms with Gasteiger partial charge in [0.1, 0.15) is 11.8 Å². The molecule has 0 aliphatic carbocycles. The number of amides is 1. The molecular formula is C15H21N3O2. The van der Waals surface area contributed by atoms with Crippen LogP contribution in [-0.2, 0) is 11.3 Å². The second-order valence-electron chi connectivity index (χ2n) is 4.40. The molecule has 0 radical (unpaired) electrons. The summed E-state index contributed by atoms with van der Waals surface area (Å²) in [6.45, 7) is 6.35. The minimum absolute atomic E-state index is 0.0231. The number of rotatable bonds is 7. The summed E-state index contributed by atoms with van der Waals surface area (Å²) in [6.07, 6.45) is 0. The van der Waals surface area contributed by atoms with Gasteiger partial charge in [0, 0.05) is 13.1 Å². The number of likely N-dealkylation sites (N-methyl/N-ethyl adjacent to an activating group) is 2. The largest absolute Gasteiger partial charge is 0.495 e. The van der Waals surface area contributed by atoms with E-state index in [-0.39, 0.29) is 5.91 Å². The van der Waals surface area contributed by atoms with Crippen LogP contribution in [-0.4, -0.2) is 37.6 Å². The van der Waals surface area contributed by atoms with Gasteiger partial charge in [-0.05, 0) is 31.2 Å². The number of ether oxygens (including phenoxy) is 1. The van der Waals surface area contributed by atoms with E-state index in [2.05, 4.69) is 11.4 Å². The molecule has 20 heavy (non-hydrogen) atoms. The van der Waals surface area contributed by atoms with E-state index in [1.807, 2.05) is 30.9 Å². The molecule has 0 unspecified atom stereocenters. The van der Waals surface area contributed by atoms with Crippen LogP contribution < -0.4 is 10.1 Å². The van der Waals surface area contributed by atoms with Crippen molar-refractivity contribution in [3.8, 4) is 11.8 Å². The highest BCUT2D eigenvalue weighted by molar-refractivity contribution is 5.77. The standard InChI is InChI=1S/C15H21N3O2/c1-4-17-15(19)11-18(5-2)10-12-6-7-13(9-16)14(8-12)20-3/h6-8H,4-5,10-11H2,1-3H3,(H,17,19). The van der Waals surface area contributed by atoms with Gasteiger partial charge in [0.2, 0.25) is 5.91 Å². The third-order valence-corrected chi connectivity index (χ3v) is 2.98. The summed E-state index contributed by atoms with van der Waals surface area (Å²) >= 11 is 0. The van der Waals surface area contributed by atoms with E-state index in [4.69, 9.17) is 10.00 Å². The van der Waals surface area contributed by atoms with Crippen LogP contribution in [0.3, 0.4) is 0 Å². The average molecular weight is 275 g/mol. The van der Waals surface area contributed by atoms with Gasteiger partial charge in [-0.2, -0.15) is 5.26 Å². The Morgan fingerprint density at radius 3 is 2.75 bits per heavy atom. The van der Waals surface area contributed by atoms with Crippen LogP contribution in [0.2, 0.25) is 0 Å². The fourth-order valence-corrected chi connectivity index (χ4v) is 1.92. The lowest BCUT2D eigenvalue weighted by Gasteiger charge is -2.20. The highest BCUT2D eigenvalue weighted by Crippen LogP contribution is 2.20. The topological polar surface area (TPSA) is 65.4 Å². The quantitative estimate of drug-likeness (QED) is 0.819. The van der Waals surface area contributed by atoms with Crippen LogP contribution in [0.4, 0.5) is 0 Å². The summed E-state index contributed by atoms with van der Waals surface area (Å²) in [5, 5.41) is 11.7. The van der Waals surface area contributed by atoms with E-state index in [0.717, 1.165) is 12.1 Å². The molecule has 1 N–H and O–H groups in total. The number of nitriles is 1. The highest BCUT2D eigenvalue weighted by Gasteiger charge is 2.10. The molecule has 0 bridgehead atoms. The van der Waals surface area contributed by atoms with Gasteiger partial charge in [0.05, 0.1) is 19.2 Å². The van der Waals surface area contributed by atoms with E-state index in [9.17, 15) is 4.79 Å². The molecule has 0 aliphatic heterocycles. The van der Waals surface area contributed by atoms with Crippen molar-refractivity contribution in [1.82, 2.24) is 10.2 Å². The zero-order valence-electron chi connectivity index (χ0n) is 12.3. The van der Waals surface area contributed by atoms with Gasteiger partial charge in [-0.25, -0.2) is 0 Å². The van der Waals surface area contributed by atoms with Gasteiger partial charge in [-0.15, -0.1) is 0 Å². The second kappa shape index (κ2) is 8.18. The van der Waals surface area contributed by atoms with Crippen molar-refractivity contribution in [3.63, 3.8) is 0 Å². The number of carbonyl (C=O) groups is 1. The van der Waals surface area contributed by atoms with Crippen molar-refractivity contribution in [3.05, 3.63) is 29.3 Å². The Kier molecular flexibility index (Phi) is 6.54. The molecule has 5 nitrogen and oxygen atoms in total. The molecule has 1 aromatic rings. The Morgan fingerprint density at radius 2 is 2.20 bits per heavy atom. The summed E-state index contributed by atoms with van der Waals surface area (Å²) in [6, 6.07) is 7.57. The minimum atomic E-state index is 0.0231. The first kappa shape index (κ1) is 16.0. The molecule has 108 valence electrons. The molecule has 1 aromatic carbocycles. The molecule has 0 fully saturated rings.